The molecular weight excluding hydrogens is 396 g/mol. The molecule has 0 unspecified atom stereocenters. The van der Waals surface area contributed by atoms with E-state index in [-0.39, 0.29) is 10.8 Å². The number of nitrogens with one attached hydrogen (secondary N) is 2. The average Bonchev–Trinajstić information content (AvgIpc) is 3.39. The van der Waals surface area contributed by atoms with Gasteiger partial charge in [-0.05, 0) is 42.9 Å². The summed E-state index contributed by atoms with van der Waals surface area (Å²) in [5, 5.41) is 28.4. The molecule has 10 nitrogen and oxygen atoms in total. The molecule has 10 heteroatoms. The summed E-state index contributed by atoms with van der Waals surface area (Å²) in [7, 11) is 0. The maximum atomic E-state index is 5.74. The van der Waals surface area contributed by atoms with E-state index in [1.807, 2.05) is 0 Å². The number of nitrogens with zero attached hydrogens (tertiary/aromatic N) is 6. The van der Waals surface area contributed by atoms with Crippen molar-refractivity contribution in [3.63, 3.8) is 0 Å². The van der Waals surface area contributed by atoms with E-state index in [0.717, 1.165) is 95.9 Å². The molecule has 0 aliphatic rings. The van der Waals surface area contributed by atoms with E-state index in [1.54, 1.807) is 0 Å². The predicted molar refractivity (Wildman–Crippen MR) is 117 cm³/mol. The molecule has 0 spiro atoms. The summed E-state index contributed by atoms with van der Waals surface area (Å²) in [6.07, 6.45) is 9.34. The van der Waals surface area contributed by atoms with Crippen LogP contribution in [-0.4, -0.2) is 67.7 Å². The molecule has 2 rings (SSSR count). The second-order valence-electron chi connectivity index (χ2n) is 9.83. The van der Waals surface area contributed by atoms with Crippen molar-refractivity contribution >= 4 is 0 Å². The van der Waals surface area contributed by atoms with Gasteiger partial charge in [-0.15, -0.1) is 20.4 Å². The molecule has 0 radical (unpaired) electrons. The summed E-state index contributed by atoms with van der Waals surface area (Å²) in [6, 6.07) is 0. The molecular formula is C21H40N8O2. The van der Waals surface area contributed by atoms with Gasteiger partial charge in [-0.3, -0.25) is 0 Å². The molecule has 176 valence electrons. The van der Waals surface area contributed by atoms with Crippen molar-refractivity contribution in [3.05, 3.63) is 11.6 Å². The lowest BCUT2D eigenvalue weighted by atomic mass is 9.83. The van der Waals surface area contributed by atoms with E-state index in [9.17, 15) is 0 Å². The fraction of sp³-hybridized carbons (Fsp3) is 0.905. The highest BCUT2D eigenvalue weighted by Gasteiger charge is 2.21. The smallest absolute Gasteiger partial charge is 0.175 e. The van der Waals surface area contributed by atoms with Crippen LogP contribution in [-0.2, 0) is 22.3 Å². The Hall–Kier alpha value is -1.94. The van der Waals surface area contributed by atoms with Gasteiger partial charge < -0.3 is 9.47 Å². The molecule has 31 heavy (non-hydrogen) atoms. The molecule has 0 bridgehead atoms. The van der Waals surface area contributed by atoms with Crippen LogP contribution in [0.25, 0.3) is 0 Å². The molecule has 2 aromatic heterocycles. The van der Waals surface area contributed by atoms with Gasteiger partial charge in [-0.2, -0.15) is 10.4 Å². The van der Waals surface area contributed by atoms with Gasteiger partial charge in [0.1, 0.15) is 0 Å². The summed E-state index contributed by atoms with van der Waals surface area (Å²) in [5.41, 5.74) is 0.361. The Balaban J connectivity index is 1.35. The van der Waals surface area contributed by atoms with Gasteiger partial charge in [0.05, 0.1) is 0 Å². The van der Waals surface area contributed by atoms with Crippen molar-refractivity contribution in [2.24, 2.45) is 10.8 Å². The number of unbranched alkanes of at least 4 members (excludes halogenated alkanes) is 2. The van der Waals surface area contributed by atoms with Crippen LogP contribution < -0.4 is 0 Å². The molecule has 2 aromatic rings. The minimum absolute atomic E-state index is 0.181. The third-order valence-electron chi connectivity index (χ3n) is 5.41. The number of tetrazole rings is 2. The Bertz CT molecular complexity index is 615. The van der Waals surface area contributed by atoms with Crippen LogP contribution in [0.3, 0.4) is 0 Å². The minimum atomic E-state index is 0.181. The van der Waals surface area contributed by atoms with Gasteiger partial charge in [-0.25, -0.2) is 0 Å². The Morgan fingerprint density at radius 2 is 1.03 bits per heavy atom. The summed E-state index contributed by atoms with van der Waals surface area (Å²) in [5.74, 6) is 1.57. The highest BCUT2D eigenvalue weighted by molar-refractivity contribution is 4.86. The fourth-order valence-corrected chi connectivity index (χ4v) is 3.63. The van der Waals surface area contributed by atoms with Gasteiger partial charge in [0, 0.05) is 39.3 Å². The predicted octanol–water partition coefficient (Wildman–Crippen LogP) is 3.31. The first kappa shape index (κ1) is 25.3. The lowest BCUT2D eigenvalue weighted by molar-refractivity contribution is 0.0778. The van der Waals surface area contributed by atoms with Crippen LogP contribution in [0, 0.1) is 10.8 Å². The second-order valence-corrected chi connectivity index (χ2v) is 9.83. The molecule has 0 atom stereocenters. The molecule has 0 aliphatic heterocycles. The molecule has 0 aromatic carbocycles. The molecule has 0 amide bonds. The molecule has 2 N–H and O–H groups in total. The van der Waals surface area contributed by atoms with Crippen LogP contribution in [0.5, 0.6) is 0 Å². The van der Waals surface area contributed by atoms with Gasteiger partial charge >= 0.3 is 0 Å². The van der Waals surface area contributed by atoms with Crippen molar-refractivity contribution in [2.45, 2.75) is 85.5 Å². The summed E-state index contributed by atoms with van der Waals surface area (Å²) in [6.45, 7) is 12.1. The van der Waals surface area contributed by atoms with Crippen molar-refractivity contribution < 1.29 is 9.47 Å². The van der Waals surface area contributed by atoms with E-state index in [0.29, 0.717) is 0 Å². The normalized spacial score (nSPS) is 12.5. The van der Waals surface area contributed by atoms with Gasteiger partial charge in [0.2, 0.25) is 0 Å². The van der Waals surface area contributed by atoms with Crippen LogP contribution in [0.4, 0.5) is 0 Å². The van der Waals surface area contributed by atoms with Crippen molar-refractivity contribution in [1.29, 1.82) is 0 Å². The van der Waals surface area contributed by atoms with Gasteiger partial charge in [0.25, 0.3) is 0 Å². The Morgan fingerprint density at radius 1 is 0.613 bits per heavy atom. The maximum Gasteiger partial charge on any atom is 0.175 e. The topological polar surface area (TPSA) is 127 Å². The molecule has 0 saturated carbocycles. The molecule has 0 saturated heterocycles. The summed E-state index contributed by atoms with van der Waals surface area (Å²) >= 11 is 0. The number of hydrogen-bond acceptors (Lipinski definition) is 8. The molecule has 2 heterocycles. The van der Waals surface area contributed by atoms with Gasteiger partial charge in [0.15, 0.2) is 11.6 Å². The first-order valence-corrected chi connectivity index (χ1v) is 11.5. The third-order valence-corrected chi connectivity index (χ3v) is 5.41. The molecule has 0 fully saturated rings. The van der Waals surface area contributed by atoms with Gasteiger partial charge in [-0.1, -0.05) is 51.0 Å². The lowest BCUT2D eigenvalue weighted by Gasteiger charge is -2.22. The fourth-order valence-electron chi connectivity index (χ4n) is 3.63. The number of H-pyrrole nitrogens is 2. The number of hydrogen-bond donors (Lipinski definition) is 2. The third kappa shape index (κ3) is 11.9. The number of ether oxygens (including phenoxy) is 2. The summed E-state index contributed by atoms with van der Waals surface area (Å²) < 4.78 is 11.5. The summed E-state index contributed by atoms with van der Waals surface area (Å²) in [4.78, 5) is 0. The Morgan fingerprint density at radius 3 is 1.42 bits per heavy atom. The van der Waals surface area contributed by atoms with Crippen molar-refractivity contribution in [3.8, 4) is 0 Å². The highest BCUT2D eigenvalue weighted by atomic mass is 16.5. The highest BCUT2D eigenvalue weighted by Crippen LogP contribution is 2.27. The lowest BCUT2D eigenvalue weighted by Crippen LogP contribution is -2.16. The Labute approximate surface area is 185 Å². The first-order valence-electron chi connectivity index (χ1n) is 11.5. The van der Waals surface area contributed by atoms with Crippen molar-refractivity contribution in [1.82, 2.24) is 41.2 Å². The van der Waals surface area contributed by atoms with E-state index in [4.69, 9.17) is 9.47 Å². The van der Waals surface area contributed by atoms with Crippen LogP contribution in [0.15, 0.2) is 0 Å². The largest absolute Gasteiger partial charge is 0.381 e. The second kappa shape index (κ2) is 13.5. The first-order chi connectivity index (χ1) is 14.9. The number of aromatic amines is 2. The van der Waals surface area contributed by atoms with E-state index in [2.05, 4.69) is 68.9 Å². The number of aromatic nitrogens is 8. The number of rotatable bonds is 18. The zero-order valence-corrected chi connectivity index (χ0v) is 19.7. The van der Waals surface area contributed by atoms with Crippen LogP contribution in [0.1, 0.15) is 84.3 Å². The monoisotopic (exact) mass is 436 g/mol. The van der Waals surface area contributed by atoms with Crippen molar-refractivity contribution in [2.75, 3.05) is 26.4 Å². The van der Waals surface area contributed by atoms with E-state index >= 15 is 0 Å². The zero-order valence-electron chi connectivity index (χ0n) is 19.7. The minimum Gasteiger partial charge on any atom is -0.381 e. The average molecular weight is 437 g/mol. The van der Waals surface area contributed by atoms with Crippen LogP contribution in [0.2, 0.25) is 0 Å². The zero-order chi connectivity index (χ0) is 22.4. The van der Waals surface area contributed by atoms with Crippen LogP contribution >= 0.6 is 0 Å². The quantitative estimate of drug-likeness (QED) is 0.341. The maximum absolute atomic E-state index is 5.74. The Kier molecular flexibility index (Phi) is 11.0. The molecule has 0 aliphatic carbocycles. The standard InChI is InChI=1S/C21H40N8O2/c1-20(2,16-18-22-26-27-23-18)10-5-7-12-30-14-9-15-31-13-8-6-11-21(3,4)17-19-24-28-29-25-19/h5-17H2,1-4H3,(H,22,23,26,27)(H,24,25,28,29). The SMILES string of the molecule is CC(C)(CCCCOCCCOCCCCC(C)(C)Cc1nn[nH]n1)Cc1nn[nH]n1. The van der Waals surface area contributed by atoms with E-state index < -0.39 is 0 Å². The van der Waals surface area contributed by atoms with E-state index in [1.165, 1.54) is 0 Å².